The van der Waals surface area contributed by atoms with E-state index in [1.165, 1.54) is 18.9 Å². The molecule has 0 bridgehead atoms. The van der Waals surface area contributed by atoms with E-state index in [0.717, 1.165) is 30.0 Å². The summed E-state index contributed by atoms with van der Waals surface area (Å²) in [6.07, 6.45) is -4.49. The number of aliphatic hydroxyl groups is 5. The Balaban J connectivity index is 1.36. The summed E-state index contributed by atoms with van der Waals surface area (Å²) in [5.41, 5.74) is -3.69. The lowest BCUT2D eigenvalue weighted by molar-refractivity contribution is -0.318. The highest BCUT2D eigenvalue weighted by atomic mass is 32.2. The molecule has 3 fully saturated rings. The summed E-state index contributed by atoms with van der Waals surface area (Å²) < 4.78 is 46.1. The first kappa shape index (κ1) is 60.4. The van der Waals surface area contributed by atoms with Crippen molar-refractivity contribution < 1.29 is 63.5 Å². The Hall–Kier alpha value is -2.50. The minimum Gasteiger partial charge on any atom is -0.494 e. The minimum absolute atomic E-state index is 0.108. The Bertz CT molecular complexity index is 1950. The third kappa shape index (κ3) is 15.3. The van der Waals surface area contributed by atoms with Crippen molar-refractivity contribution in [2.24, 2.45) is 17.8 Å². The lowest BCUT2D eigenvalue weighted by Gasteiger charge is -2.49. The van der Waals surface area contributed by atoms with Gasteiger partial charge in [-0.3, -0.25) is 9.48 Å². The van der Waals surface area contributed by atoms with Gasteiger partial charge in [-0.15, -0.1) is 16.9 Å². The normalized spacial score (nSPS) is 39.1. The average molecular weight is 1040 g/mol. The van der Waals surface area contributed by atoms with Gasteiger partial charge in [-0.2, -0.15) is 0 Å². The number of rotatable bonds is 18. The highest BCUT2D eigenvalue weighted by Crippen LogP contribution is 2.40. The summed E-state index contributed by atoms with van der Waals surface area (Å²) in [6, 6.07) is 7.24. The van der Waals surface area contributed by atoms with Crippen molar-refractivity contribution in [3.63, 3.8) is 0 Å². The first-order valence-electron chi connectivity index (χ1n) is 26.4. The van der Waals surface area contributed by atoms with Crippen LogP contribution in [0, 0.1) is 17.8 Å². The van der Waals surface area contributed by atoms with E-state index in [-0.39, 0.29) is 31.3 Å². The van der Waals surface area contributed by atoms with Crippen LogP contribution >= 0.6 is 11.8 Å². The summed E-state index contributed by atoms with van der Waals surface area (Å²) in [4.78, 5) is 19.7. The average Bonchev–Trinajstić information content (AvgIpc) is 3.80. The lowest BCUT2D eigenvalue weighted by Crippen LogP contribution is -2.61. The van der Waals surface area contributed by atoms with Gasteiger partial charge in [0.05, 0.1) is 53.8 Å². The van der Waals surface area contributed by atoms with E-state index in [4.69, 9.17) is 33.2 Å². The summed E-state index contributed by atoms with van der Waals surface area (Å²) in [6.45, 7) is 22.0. The van der Waals surface area contributed by atoms with Crippen LogP contribution in [0.15, 0.2) is 35.4 Å². The van der Waals surface area contributed by atoms with Gasteiger partial charge < -0.3 is 68.5 Å². The van der Waals surface area contributed by atoms with Gasteiger partial charge >= 0.3 is 5.97 Å². The van der Waals surface area contributed by atoms with E-state index in [0.29, 0.717) is 39.1 Å². The number of aliphatic hydroxyl groups excluding tert-OH is 3. The molecule has 0 unspecified atom stereocenters. The fourth-order valence-corrected chi connectivity index (χ4v) is 11.7. The lowest BCUT2D eigenvalue weighted by atomic mass is 9.77. The van der Waals surface area contributed by atoms with Crippen molar-refractivity contribution in [2.75, 3.05) is 46.7 Å². The van der Waals surface area contributed by atoms with Crippen LogP contribution in [-0.2, 0) is 46.2 Å². The number of hydrogen-bond donors (Lipinski definition) is 5. The van der Waals surface area contributed by atoms with Crippen molar-refractivity contribution in [3.8, 4) is 5.75 Å². The molecule has 72 heavy (non-hydrogen) atoms. The summed E-state index contributed by atoms with van der Waals surface area (Å²) in [7, 11) is 5.31. The van der Waals surface area contributed by atoms with Crippen LogP contribution in [0.3, 0.4) is 0 Å². The van der Waals surface area contributed by atoms with Crippen molar-refractivity contribution in [1.29, 1.82) is 0 Å². The maximum atomic E-state index is 14.5. The van der Waals surface area contributed by atoms with Crippen LogP contribution in [0.2, 0.25) is 0 Å². The molecule has 0 amide bonds. The highest BCUT2D eigenvalue weighted by molar-refractivity contribution is 7.99. The summed E-state index contributed by atoms with van der Waals surface area (Å²) in [5, 5.41) is 68.5. The Kier molecular flexibility index (Phi) is 22.2. The van der Waals surface area contributed by atoms with Crippen molar-refractivity contribution in [2.45, 2.75) is 223 Å². The number of likely N-dealkylation sites (N-methyl/N-ethyl adjacent to an activating group) is 2. The topological polar surface area (TPSA) is 220 Å². The van der Waals surface area contributed by atoms with E-state index in [9.17, 15) is 30.3 Å². The number of esters is 1. The molecule has 3 aliphatic rings. The minimum atomic E-state index is -1.83. The van der Waals surface area contributed by atoms with Crippen LogP contribution in [-0.4, -0.2) is 193 Å². The van der Waals surface area contributed by atoms with Gasteiger partial charge in [0.25, 0.3) is 0 Å². The van der Waals surface area contributed by atoms with Gasteiger partial charge in [0, 0.05) is 75.1 Å². The Morgan fingerprint density at radius 2 is 1.65 bits per heavy atom. The van der Waals surface area contributed by atoms with Crippen molar-refractivity contribution >= 4 is 17.7 Å². The molecule has 18 nitrogen and oxygen atoms in total. The molecule has 1 aromatic carbocycles. The number of aryl methyl sites for hydroxylation is 1. The van der Waals surface area contributed by atoms with E-state index in [1.807, 2.05) is 74.5 Å². The second kappa shape index (κ2) is 26.5. The molecule has 18 atom stereocenters. The zero-order chi connectivity index (χ0) is 53.3. The van der Waals surface area contributed by atoms with E-state index in [2.05, 4.69) is 34.3 Å². The number of benzene rings is 1. The Labute approximate surface area is 433 Å². The number of hydrogen-bond acceptors (Lipinski definition) is 18. The summed E-state index contributed by atoms with van der Waals surface area (Å²) >= 11 is 1.84. The molecule has 5 N–H and O–H groups in total. The van der Waals surface area contributed by atoms with Crippen LogP contribution in [0.4, 0.5) is 0 Å². The third-order valence-corrected chi connectivity index (χ3v) is 16.7. The quantitative estimate of drug-likeness (QED) is 0.0747. The number of aromatic nitrogens is 3. The molecule has 19 heteroatoms. The molecule has 0 aliphatic carbocycles. The van der Waals surface area contributed by atoms with Crippen LogP contribution in [0.1, 0.15) is 120 Å². The van der Waals surface area contributed by atoms with E-state index >= 15 is 0 Å². The molecule has 412 valence electrons. The van der Waals surface area contributed by atoms with Crippen molar-refractivity contribution in [1.82, 2.24) is 24.8 Å². The maximum absolute atomic E-state index is 14.5. The fraction of sp³-hybridized carbons (Fsp3) is 0.830. The summed E-state index contributed by atoms with van der Waals surface area (Å²) in [5.74, 6) is -0.810. The molecule has 5 rings (SSSR count). The molecule has 3 saturated heterocycles. The van der Waals surface area contributed by atoms with Gasteiger partial charge in [-0.05, 0) is 124 Å². The second-order valence-corrected chi connectivity index (χ2v) is 23.1. The molecule has 0 radical (unpaired) electrons. The number of carbonyl (C=O) groups excluding carboxylic acids is 1. The molecule has 4 heterocycles. The number of thioether (sulfide) groups is 1. The molecular weight excluding hydrogens is 947 g/mol. The second-order valence-electron chi connectivity index (χ2n) is 21.9. The van der Waals surface area contributed by atoms with Gasteiger partial charge in [-0.25, -0.2) is 0 Å². The monoisotopic (exact) mass is 1040 g/mol. The first-order chi connectivity index (χ1) is 33.8. The molecule has 0 saturated carbocycles. The number of ether oxygens (including phenoxy) is 7. The first-order valence-corrected chi connectivity index (χ1v) is 27.4. The zero-order valence-electron chi connectivity index (χ0n) is 45.7. The SMILES string of the molecule is CCCSc1ccc(OCCCn2cc(CCN(C)[C@H]3C[C@@H](C)O[C@@H](O[C@@H]4[C@@H](C)[C@H](O[C@H]5C[C@@](C)(OC)[C@@H](O)[C@H](C)O5)[C@@H](C)C(=O)O[C@H](CC)[C@@](C)(O)[C@H](O)[C@@H](C)N(C)C[C@H](C)C[C@@]4(C)O)[C@@H]3O)nn2)cc1. The fourth-order valence-electron chi connectivity index (χ4n) is 10.9. The third-order valence-electron chi connectivity index (χ3n) is 15.5. The van der Waals surface area contributed by atoms with Gasteiger partial charge in [0.1, 0.15) is 35.8 Å². The van der Waals surface area contributed by atoms with E-state index in [1.54, 1.807) is 41.5 Å². The van der Waals surface area contributed by atoms with E-state index < -0.39 is 102 Å². The molecule has 1 aromatic heterocycles. The predicted molar refractivity (Wildman–Crippen MR) is 274 cm³/mol. The van der Waals surface area contributed by atoms with Gasteiger partial charge in [-0.1, -0.05) is 32.9 Å². The number of carbonyl (C=O) groups is 1. The predicted octanol–water partition coefficient (Wildman–Crippen LogP) is 5.08. The Morgan fingerprint density at radius 3 is 2.31 bits per heavy atom. The number of methoxy groups -OCH3 is 1. The van der Waals surface area contributed by atoms with Crippen LogP contribution < -0.4 is 4.74 Å². The Morgan fingerprint density at radius 1 is 0.958 bits per heavy atom. The molecule has 3 aliphatic heterocycles. The number of cyclic esters (lactones) is 1. The largest absolute Gasteiger partial charge is 0.494 e. The molecule has 2 aromatic rings. The molecular formula is C53H91N5O13S. The van der Waals surface area contributed by atoms with Crippen LogP contribution in [0.25, 0.3) is 0 Å². The maximum Gasteiger partial charge on any atom is 0.311 e. The highest BCUT2D eigenvalue weighted by Gasteiger charge is 2.53. The zero-order valence-corrected chi connectivity index (χ0v) is 46.5. The van der Waals surface area contributed by atoms with Crippen LogP contribution in [0.5, 0.6) is 5.75 Å². The van der Waals surface area contributed by atoms with Crippen molar-refractivity contribution in [3.05, 3.63) is 36.2 Å². The standard InChI is InChI=1S/C53H91N5O13S/c1-15-26-72-40-20-18-39(19-21-40)66-25-17-23-58-31-38(54-55-58)22-24-56(12)41-27-33(4)67-50(44(41)59)71-48-34(5)45(70-43-29-52(10,65-14)47(61)37(8)68-43)35(6)49(62)69-42(16-2)53(11,64)46(60)36(7)57(13)30-32(3)28-51(48,9)63/h18-21,31-37,41-48,50,59-61,63-64H,15-17,22-30H2,1-14H3/t32-,33-,34+,35-,36-,37+,41+,42-,43+,44-,45+,46-,47+,48-,50+,51-,52-,53-/m1/s1. The van der Waals surface area contributed by atoms with Gasteiger partial charge in [0.2, 0.25) is 0 Å². The van der Waals surface area contributed by atoms with Gasteiger partial charge in [0.15, 0.2) is 12.6 Å². The smallest absolute Gasteiger partial charge is 0.311 e. The number of nitrogens with zero attached hydrogens (tertiary/aromatic N) is 5. The molecule has 0 spiro atoms.